The number of hydrogen-bond acceptors (Lipinski definition) is 2. The molecular weight excluding hydrogens is 300 g/mol. The van der Waals surface area contributed by atoms with Crippen molar-refractivity contribution >= 4 is 32.5 Å². The first-order valence-corrected chi connectivity index (χ1v) is 8.18. The molecule has 0 aliphatic heterocycles. The molecule has 1 heterocycles. The van der Waals surface area contributed by atoms with Crippen molar-refractivity contribution < 1.29 is 0 Å². The highest BCUT2D eigenvalue weighted by molar-refractivity contribution is 9.09. The molecule has 100 valence electrons. The minimum absolute atomic E-state index is 0.727. The molecule has 0 radical (unpaired) electrons. The van der Waals surface area contributed by atoms with Crippen LogP contribution in [0.2, 0.25) is 0 Å². The lowest BCUT2D eigenvalue weighted by atomic mass is 9.90. The van der Waals surface area contributed by atoms with Gasteiger partial charge in [0, 0.05) is 35.2 Å². The largest absolute Gasteiger partial charge is 0.368 e. The minimum Gasteiger partial charge on any atom is -0.368 e. The summed E-state index contributed by atoms with van der Waals surface area (Å²) in [6.45, 7) is 1.13. The van der Waals surface area contributed by atoms with Crippen molar-refractivity contribution in [2.45, 2.75) is 31.7 Å². The standard InChI is InChI=1S/C16H19BrN2/c17-10-4-12-19(13-5-3-6-13)16-9-11-18-15-8-2-1-7-14(15)16/h1-2,7-9,11,13H,3-6,10,12H2. The Morgan fingerprint density at radius 3 is 2.79 bits per heavy atom. The van der Waals surface area contributed by atoms with E-state index < -0.39 is 0 Å². The van der Waals surface area contributed by atoms with E-state index in [1.807, 2.05) is 6.20 Å². The molecule has 1 aromatic heterocycles. The zero-order chi connectivity index (χ0) is 13.1. The molecule has 2 aromatic rings. The molecule has 1 fully saturated rings. The predicted octanol–water partition coefficient (Wildman–Crippen LogP) is 4.38. The Balaban J connectivity index is 1.98. The van der Waals surface area contributed by atoms with Gasteiger partial charge in [-0.3, -0.25) is 4.98 Å². The van der Waals surface area contributed by atoms with Gasteiger partial charge in [-0.2, -0.15) is 0 Å². The Morgan fingerprint density at radius 2 is 2.05 bits per heavy atom. The maximum absolute atomic E-state index is 4.47. The number of pyridine rings is 1. The van der Waals surface area contributed by atoms with E-state index in [0.29, 0.717) is 0 Å². The van der Waals surface area contributed by atoms with Crippen LogP contribution in [-0.2, 0) is 0 Å². The van der Waals surface area contributed by atoms with E-state index in [1.54, 1.807) is 0 Å². The summed E-state index contributed by atoms with van der Waals surface area (Å²) < 4.78 is 0. The fourth-order valence-electron chi connectivity index (χ4n) is 2.76. The van der Waals surface area contributed by atoms with E-state index in [1.165, 1.54) is 36.8 Å². The van der Waals surface area contributed by atoms with E-state index >= 15 is 0 Å². The summed E-state index contributed by atoms with van der Waals surface area (Å²) in [5.74, 6) is 0. The average Bonchev–Trinajstić information content (AvgIpc) is 2.41. The lowest BCUT2D eigenvalue weighted by molar-refractivity contribution is 0.387. The summed E-state index contributed by atoms with van der Waals surface area (Å²) in [5, 5.41) is 2.35. The first-order chi connectivity index (χ1) is 9.40. The van der Waals surface area contributed by atoms with Crippen LogP contribution < -0.4 is 4.90 Å². The second-order valence-corrected chi connectivity index (χ2v) is 5.96. The number of halogens is 1. The van der Waals surface area contributed by atoms with Gasteiger partial charge in [-0.1, -0.05) is 34.1 Å². The molecule has 2 nitrogen and oxygen atoms in total. The Morgan fingerprint density at radius 1 is 1.21 bits per heavy atom. The van der Waals surface area contributed by atoms with E-state index in [4.69, 9.17) is 0 Å². The van der Waals surface area contributed by atoms with Crippen molar-refractivity contribution in [1.29, 1.82) is 0 Å². The number of benzene rings is 1. The number of anilines is 1. The van der Waals surface area contributed by atoms with Gasteiger partial charge in [0.2, 0.25) is 0 Å². The quantitative estimate of drug-likeness (QED) is 0.760. The van der Waals surface area contributed by atoms with Crippen LogP contribution in [0, 0.1) is 0 Å². The van der Waals surface area contributed by atoms with Crippen LogP contribution >= 0.6 is 15.9 Å². The SMILES string of the molecule is BrCCCN(c1ccnc2ccccc12)C1CCC1. The fraction of sp³-hybridized carbons (Fsp3) is 0.438. The first kappa shape index (κ1) is 12.9. The number of fused-ring (bicyclic) bond motifs is 1. The molecule has 1 aliphatic carbocycles. The second kappa shape index (κ2) is 5.91. The molecule has 0 saturated heterocycles. The summed E-state index contributed by atoms with van der Waals surface area (Å²) in [5.41, 5.74) is 2.46. The van der Waals surface area contributed by atoms with Gasteiger partial charge in [0.25, 0.3) is 0 Å². The predicted molar refractivity (Wildman–Crippen MR) is 85.1 cm³/mol. The highest BCUT2D eigenvalue weighted by Gasteiger charge is 2.25. The van der Waals surface area contributed by atoms with Gasteiger partial charge in [0.05, 0.1) is 5.52 Å². The van der Waals surface area contributed by atoms with Crippen LogP contribution in [0.15, 0.2) is 36.5 Å². The van der Waals surface area contributed by atoms with E-state index in [0.717, 1.165) is 23.4 Å². The van der Waals surface area contributed by atoms with Crippen molar-refractivity contribution in [1.82, 2.24) is 4.98 Å². The van der Waals surface area contributed by atoms with Gasteiger partial charge >= 0.3 is 0 Å². The number of alkyl halides is 1. The summed E-state index contributed by atoms with van der Waals surface area (Å²) in [6, 6.07) is 11.4. The highest BCUT2D eigenvalue weighted by Crippen LogP contribution is 2.33. The smallest absolute Gasteiger partial charge is 0.0722 e. The third-order valence-electron chi connectivity index (χ3n) is 3.98. The molecule has 3 heteroatoms. The molecule has 0 amide bonds. The zero-order valence-electron chi connectivity index (χ0n) is 11.1. The molecule has 1 saturated carbocycles. The molecular formula is C16H19BrN2. The molecule has 0 atom stereocenters. The Hall–Kier alpha value is -1.09. The summed E-state index contributed by atoms with van der Waals surface area (Å²) >= 11 is 3.55. The summed E-state index contributed by atoms with van der Waals surface area (Å²) in [4.78, 5) is 7.06. The molecule has 0 spiro atoms. The van der Waals surface area contributed by atoms with Gasteiger partial charge in [0.1, 0.15) is 0 Å². The minimum atomic E-state index is 0.727. The molecule has 0 N–H and O–H groups in total. The molecule has 0 bridgehead atoms. The van der Waals surface area contributed by atoms with Crippen LogP contribution in [-0.4, -0.2) is 22.9 Å². The highest BCUT2D eigenvalue weighted by atomic mass is 79.9. The maximum Gasteiger partial charge on any atom is 0.0722 e. The van der Waals surface area contributed by atoms with Gasteiger partial charge in [-0.15, -0.1) is 0 Å². The Labute approximate surface area is 123 Å². The van der Waals surface area contributed by atoms with Crippen molar-refractivity contribution in [3.63, 3.8) is 0 Å². The average molecular weight is 319 g/mol. The molecule has 1 aromatic carbocycles. The topological polar surface area (TPSA) is 16.1 Å². The van der Waals surface area contributed by atoms with Crippen molar-refractivity contribution in [2.24, 2.45) is 0 Å². The van der Waals surface area contributed by atoms with Gasteiger partial charge < -0.3 is 4.90 Å². The number of hydrogen-bond donors (Lipinski definition) is 0. The van der Waals surface area contributed by atoms with E-state index in [9.17, 15) is 0 Å². The maximum atomic E-state index is 4.47. The van der Waals surface area contributed by atoms with Gasteiger partial charge in [-0.25, -0.2) is 0 Å². The van der Waals surface area contributed by atoms with E-state index in [-0.39, 0.29) is 0 Å². The number of nitrogens with zero attached hydrogens (tertiary/aromatic N) is 2. The molecule has 0 unspecified atom stereocenters. The van der Waals surface area contributed by atoms with Crippen LogP contribution in [0.5, 0.6) is 0 Å². The normalized spacial score (nSPS) is 15.4. The van der Waals surface area contributed by atoms with Crippen LogP contribution in [0.3, 0.4) is 0 Å². The summed E-state index contributed by atoms with van der Waals surface area (Å²) in [7, 11) is 0. The second-order valence-electron chi connectivity index (χ2n) is 5.17. The van der Waals surface area contributed by atoms with Crippen LogP contribution in [0.25, 0.3) is 10.9 Å². The molecule has 3 rings (SSSR count). The van der Waals surface area contributed by atoms with Gasteiger partial charge in [0.15, 0.2) is 0 Å². The van der Waals surface area contributed by atoms with Crippen LogP contribution in [0.4, 0.5) is 5.69 Å². The molecule has 19 heavy (non-hydrogen) atoms. The lowest BCUT2D eigenvalue weighted by Crippen LogP contribution is -2.41. The van der Waals surface area contributed by atoms with Crippen LogP contribution in [0.1, 0.15) is 25.7 Å². The fourth-order valence-corrected chi connectivity index (χ4v) is 3.01. The lowest BCUT2D eigenvalue weighted by Gasteiger charge is -2.39. The van der Waals surface area contributed by atoms with Crippen molar-refractivity contribution in [3.8, 4) is 0 Å². The van der Waals surface area contributed by atoms with Gasteiger partial charge in [-0.05, 0) is 37.8 Å². The first-order valence-electron chi connectivity index (χ1n) is 7.06. The van der Waals surface area contributed by atoms with Crippen molar-refractivity contribution in [2.75, 3.05) is 16.8 Å². The molecule has 1 aliphatic rings. The summed E-state index contributed by atoms with van der Waals surface area (Å²) in [6.07, 6.45) is 7.17. The number of para-hydroxylation sites is 1. The van der Waals surface area contributed by atoms with E-state index in [2.05, 4.69) is 56.1 Å². The third-order valence-corrected chi connectivity index (χ3v) is 4.54. The third kappa shape index (κ3) is 2.62. The van der Waals surface area contributed by atoms with Crippen molar-refractivity contribution in [3.05, 3.63) is 36.5 Å². The monoisotopic (exact) mass is 318 g/mol. The zero-order valence-corrected chi connectivity index (χ0v) is 12.6. The Bertz CT molecular complexity index is 546. The number of aromatic nitrogens is 1. The Kier molecular flexibility index (Phi) is 4.02. The number of rotatable bonds is 5.